The Morgan fingerprint density at radius 2 is 2.00 bits per heavy atom. The highest BCUT2D eigenvalue weighted by molar-refractivity contribution is 5.48. The van der Waals surface area contributed by atoms with Gasteiger partial charge in [0.05, 0.1) is 6.10 Å². The van der Waals surface area contributed by atoms with E-state index in [1.165, 1.54) is 11.3 Å². The number of hydrogen-bond donors (Lipinski definition) is 2. The minimum Gasteiger partial charge on any atom is -0.393 e. The standard InChI is InChI=1S/C14H22N2O/c1-10-9-16(8-7-14(10)17)13-5-3-12(4-6-13)11(2)15/h3-6,10-11,14,17H,7-9,15H2,1-2H3/t10?,11-,14?/m1/s1. The molecule has 2 unspecified atom stereocenters. The third kappa shape index (κ3) is 2.79. The quantitative estimate of drug-likeness (QED) is 0.822. The molecule has 1 heterocycles. The third-order valence-electron chi connectivity index (χ3n) is 3.64. The van der Waals surface area contributed by atoms with Gasteiger partial charge >= 0.3 is 0 Å². The van der Waals surface area contributed by atoms with Gasteiger partial charge in [-0.2, -0.15) is 0 Å². The Bertz CT molecular complexity index is 361. The van der Waals surface area contributed by atoms with Crippen LogP contribution in [0.5, 0.6) is 0 Å². The molecule has 0 amide bonds. The van der Waals surface area contributed by atoms with Crippen LogP contribution in [-0.4, -0.2) is 24.3 Å². The number of anilines is 1. The summed E-state index contributed by atoms with van der Waals surface area (Å²) in [5.41, 5.74) is 8.23. The Hall–Kier alpha value is -1.06. The van der Waals surface area contributed by atoms with E-state index in [0.717, 1.165) is 19.5 Å². The highest BCUT2D eigenvalue weighted by atomic mass is 16.3. The Kier molecular flexibility index (Phi) is 3.69. The predicted octanol–water partition coefficient (Wildman–Crippen LogP) is 1.91. The molecule has 3 nitrogen and oxygen atoms in total. The van der Waals surface area contributed by atoms with Crippen LogP contribution in [0.25, 0.3) is 0 Å². The number of aliphatic hydroxyl groups excluding tert-OH is 1. The maximum atomic E-state index is 9.72. The van der Waals surface area contributed by atoms with Crippen molar-refractivity contribution in [2.24, 2.45) is 11.7 Å². The zero-order valence-electron chi connectivity index (χ0n) is 10.6. The van der Waals surface area contributed by atoms with Gasteiger partial charge in [-0.3, -0.25) is 0 Å². The Balaban J connectivity index is 2.07. The molecule has 17 heavy (non-hydrogen) atoms. The maximum absolute atomic E-state index is 9.72. The van der Waals surface area contributed by atoms with Crippen LogP contribution in [0.15, 0.2) is 24.3 Å². The molecular weight excluding hydrogens is 212 g/mol. The Morgan fingerprint density at radius 3 is 2.53 bits per heavy atom. The first kappa shape index (κ1) is 12.4. The molecule has 0 spiro atoms. The van der Waals surface area contributed by atoms with Crippen LogP contribution in [0.2, 0.25) is 0 Å². The average Bonchev–Trinajstić information content (AvgIpc) is 2.33. The summed E-state index contributed by atoms with van der Waals surface area (Å²) in [6.45, 7) is 5.96. The van der Waals surface area contributed by atoms with Crippen LogP contribution in [0.1, 0.15) is 31.9 Å². The molecule has 3 atom stereocenters. The zero-order chi connectivity index (χ0) is 12.4. The Morgan fingerprint density at radius 1 is 1.35 bits per heavy atom. The van der Waals surface area contributed by atoms with Crippen molar-refractivity contribution in [3.05, 3.63) is 29.8 Å². The van der Waals surface area contributed by atoms with E-state index in [1.54, 1.807) is 0 Å². The normalized spacial score (nSPS) is 26.9. The predicted molar refractivity (Wildman–Crippen MR) is 71.0 cm³/mol. The van der Waals surface area contributed by atoms with Gasteiger partial charge in [-0.15, -0.1) is 0 Å². The SMILES string of the molecule is CC1CN(c2ccc([C@@H](C)N)cc2)CCC1O. The van der Waals surface area contributed by atoms with Gasteiger partial charge in [-0.1, -0.05) is 19.1 Å². The first-order chi connectivity index (χ1) is 8.08. The molecule has 0 bridgehead atoms. The van der Waals surface area contributed by atoms with Gasteiger partial charge in [0.2, 0.25) is 0 Å². The molecule has 1 saturated heterocycles. The van der Waals surface area contributed by atoms with Crippen LogP contribution in [0.3, 0.4) is 0 Å². The summed E-state index contributed by atoms with van der Waals surface area (Å²) in [4.78, 5) is 2.34. The van der Waals surface area contributed by atoms with E-state index >= 15 is 0 Å². The van der Waals surface area contributed by atoms with E-state index in [4.69, 9.17) is 5.73 Å². The van der Waals surface area contributed by atoms with Crippen LogP contribution >= 0.6 is 0 Å². The Labute approximate surface area is 103 Å². The average molecular weight is 234 g/mol. The van der Waals surface area contributed by atoms with Crippen molar-refractivity contribution in [2.45, 2.75) is 32.4 Å². The lowest BCUT2D eigenvalue weighted by atomic mass is 9.96. The number of aliphatic hydroxyl groups is 1. The molecule has 2 rings (SSSR count). The molecule has 1 aliphatic rings. The fraction of sp³-hybridized carbons (Fsp3) is 0.571. The maximum Gasteiger partial charge on any atom is 0.0599 e. The second-order valence-electron chi connectivity index (χ2n) is 5.16. The zero-order valence-corrected chi connectivity index (χ0v) is 10.6. The number of piperidine rings is 1. The van der Waals surface area contributed by atoms with E-state index in [2.05, 4.69) is 36.1 Å². The van der Waals surface area contributed by atoms with Crippen LogP contribution in [0, 0.1) is 5.92 Å². The third-order valence-corrected chi connectivity index (χ3v) is 3.64. The lowest BCUT2D eigenvalue weighted by Gasteiger charge is -2.36. The largest absolute Gasteiger partial charge is 0.393 e. The van der Waals surface area contributed by atoms with Crippen molar-refractivity contribution in [2.75, 3.05) is 18.0 Å². The van der Waals surface area contributed by atoms with Crippen LogP contribution < -0.4 is 10.6 Å². The molecule has 1 aliphatic heterocycles. The molecule has 0 aliphatic carbocycles. The lowest BCUT2D eigenvalue weighted by molar-refractivity contribution is 0.0971. The minimum atomic E-state index is -0.144. The molecule has 0 radical (unpaired) electrons. The van der Waals surface area contributed by atoms with Gasteiger partial charge in [0.1, 0.15) is 0 Å². The summed E-state index contributed by atoms with van der Waals surface area (Å²) in [6, 6.07) is 8.53. The van der Waals surface area contributed by atoms with Crippen LogP contribution in [0.4, 0.5) is 5.69 Å². The van der Waals surface area contributed by atoms with Gasteiger partial charge in [-0.25, -0.2) is 0 Å². The molecule has 1 fully saturated rings. The number of hydrogen-bond acceptors (Lipinski definition) is 3. The topological polar surface area (TPSA) is 49.5 Å². The summed E-state index contributed by atoms with van der Waals surface area (Å²) in [5, 5.41) is 9.72. The first-order valence-electron chi connectivity index (χ1n) is 6.36. The van der Waals surface area contributed by atoms with E-state index in [0.29, 0.717) is 5.92 Å². The second kappa shape index (κ2) is 5.07. The van der Waals surface area contributed by atoms with Crippen molar-refractivity contribution in [1.29, 1.82) is 0 Å². The molecule has 94 valence electrons. The monoisotopic (exact) mass is 234 g/mol. The van der Waals surface area contributed by atoms with Gasteiger partial charge < -0.3 is 15.7 Å². The van der Waals surface area contributed by atoms with Crippen molar-refractivity contribution < 1.29 is 5.11 Å². The van der Waals surface area contributed by atoms with Crippen molar-refractivity contribution in [1.82, 2.24) is 0 Å². The lowest BCUT2D eigenvalue weighted by Crippen LogP contribution is -2.41. The van der Waals surface area contributed by atoms with Gasteiger partial charge in [0, 0.05) is 24.8 Å². The summed E-state index contributed by atoms with van der Waals surface area (Å²) >= 11 is 0. The van der Waals surface area contributed by atoms with Gasteiger partial charge in [0.15, 0.2) is 0 Å². The molecular formula is C14H22N2O. The highest BCUT2D eigenvalue weighted by Gasteiger charge is 2.24. The van der Waals surface area contributed by atoms with Crippen molar-refractivity contribution in [3.8, 4) is 0 Å². The van der Waals surface area contributed by atoms with E-state index < -0.39 is 0 Å². The fourth-order valence-corrected chi connectivity index (χ4v) is 2.36. The van der Waals surface area contributed by atoms with Crippen molar-refractivity contribution >= 4 is 5.69 Å². The molecule has 3 heteroatoms. The van der Waals surface area contributed by atoms with Crippen LogP contribution in [-0.2, 0) is 0 Å². The van der Waals surface area contributed by atoms with E-state index in [9.17, 15) is 5.11 Å². The second-order valence-corrected chi connectivity index (χ2v) is 5.16. The minimum absolute atomic E-state index is 0.0890. The van der Waals surface area contributed by atoms with Gasteiger partial charge in [-0.05, 0) is 37.0 Å². The molecule has 3 N–H and O–H groups in total. The molecule has 1 aromatic carbocycles. The highest BCUT2D eigenvalue weighted by Crippen LogP contribution is 2.24. The number of benzene rings is 1. The summed E-state index contributed by atoms with van der Waals surface area (Å²) in [7, 11) is 0. The summed E-state index contributed by atoms with van der Waals surface area (Å²) in [6.07, 6.45) is 0.713. The summed E-state index contributed by atoms with van der Waals surface area (Å²) in [5.74, 6) is 0.344. The molecule has 0 aromatic heterocycles. The van der Waals surface area contributed by atoms with E-state index in [1.807, 2.05) is 6.92 Å². The number of rotatable bonds is 2. The first-order valence-corrected chi connectivity index (χ1v) is 6.36. The number of nitrogens with zero attached hydrogens (tertiary/aromatic N) is 1. The molecule has 1 aromatic rings. The van der Waals surface area contributed by atoms with Gasteiger partial charge in [0.25, 0.3) is 0 Å². The number of nitrogens with two attached hydrogens (primary N) is 1. The molecule has 0 saturated carbocycles. The van der Waals surface area contributed by atoms with Crippen molar-refractivity contribution in [3.63, 3.8) is 0 Å². The fourth-order valence-electron chi connectivity index (χ4n) is 2.36. The van der Waals surface area contributed by atoms with E-state index in [-0.39, 0.29) is 12.1 Å². The smallest absolute Gasteiger partial charge is 0.0599 e. The summed E-state index contributed by atoms with van der Waals surface area (Å²) < 4.78 is 0.